The minimum absolute atomic E-state index is 0.117. The van der Waals surface area contributed by atoms with Crippen LogP contribution in [0.4, 0.5) is 35.1 Å². The molecular formula is C9H12F8O5S. The van der Waals surface area contributed by atoms with E-state index in [1.165, 1.54) is 0 Å². The Morgan fingerprint density at radius 1 is 0.826 bits per heavy atom. The van der Waals surface area contributed by atoms with Crippen LogP contribution in [0.25, 0.3) is 0 Å². The molecule has 0 aliphatic heterocycles. The number of ether oxygens (including phenoxy) is 2. The molecule has 0 aromatic carbocycles. The Balaban J connectivity index is 4.29. The van der Waals surface area contributed by atoms with E-state index in [1.807, 2.05) is 0 Å². The van der Waals surface area contributed by atoms with Gasteiger partial charge in [-0.2, -0.15) is 43.5 Å². The summed E-state index contributed by atoms with van der Waals surface area (Å²) in [6.07, 6.45) is -11.6. The number of rotatable bonds is 10. The predicted octanol–water partition coefficient (Wildman–Crippen LogP) is 3.12. The summed E-state index contributed by atoms with van der Waals surface area (Å²) in [6, 6.07) is 0. The fourth-order valence-corrected chi connectivity index (χ4v) is 1.32. The van der Waals surface area contributed by atoms with Gasteiger partial charge in [-0.3, -0.25) is 4.55 Å². The van der Waals surface area contributed by atoms with E-state index in [2.05, 4.69) is 9.47 Å². The number of alkyl halides is 8. The van der Waals surface area contributed by atoms with Crippen molar-refractivity contribution in [1.29, 1.82) is 0 Å². The van der Waals surface area contributed by atoms with E-state index in [-0.39, 0.29) is 6.92 Å². The average molecular weight is 384 g/mol. The Hall–Kier alpha value is -0.730. The first-order chi connectivity index (χ1) is 9.96. The molecule has 23 heavy (non-hydrogen) atoms. The lowest BCUT2D eigenvalue weighted by Gasteiger charge is -2.24. The Morgan fingerprint density at radius 2 is 1.17 bits per heavy atom. The number of halogens is 8. The van der Waals surface area contributed by atoms with Crippen LogP contribution < -0.4 is 0 Å². The fourth-order valence-electron chi connectivity index (χ4n) is 0.966. The lowest BCUT2D eigenvalue weighted by atomic mass is 10.3. The molecule has 14 heteroatoms. The Kier molecular flexibility index (Phi) is 6.80. The fraction of sp³-hybridized carbons (Fsp3) is 1.00. The number of hydrogen-bond donors (Lipinski definition) is 1. The zero-order chi connectivity index (χ0) is 18.7. The SMILES string of the molecule is CC(F)(F)C(F)(F)OCCCCOC(F)(F)C(F)(F)S(=O)(=O)O. The number of hydrogen-bond acceptors (Lipinski definition) is 4. The second-order valence-electron chi connectivity index (χ2n) is 4.32. The molecular weight excluding hydrogens is 372 g/mol. The van der Waals surface area contributed by atoms with Gasteiger partial charge in [0.25, 0.3) is 0 Å². The monoisotopic (exact) mass is 384 g/mol. The van der Waals surface area contributed by atoms with Crippen molar-refractivity contribution in [2.75, 3.05) is 13.2 Å². The third-order valence-electron chi connectivity index (χ3n) is 2.28. The molecule has 0 bridgehead atoms. The van der Waals surface area contributed by atoms with Crippen molar-refractivity contribution in [1.82, 2.24) is 0 Å². The average Bonchev–Trinajstić information content (AvgIpc) is 2.30. The van der Waals surface area contributed by atoms with Crippen molar-refractivity contribution in [3.05, 3.63) is 0 Å². The van der Waals surface area contributed by atoms with Crippen LogP contribution in [0.3, 0.4) is 0 Å². The first-order valence-corrected chi connectivity index (χ1v) is 7.16. The minimum Gasteiger partial charge on any atom is -0.316 e. The van der Waals surface area contributed by atoms with Crippen molar-refractivity contribution in [3.8, 4) is 0 Å². The molecule has 0 saturated carbocycles. The lowest BCUT2D eigenvalue weighted by molar-refractivity contribution is -0.342. The Morgan fingerprint density at radius 3 is 1.48 bits per heavy atom. The van der Waals surface area contributed by atoms with Gasteiger partial charge in [0.2, 0.25) is 0 Å². The van der Waals surface area contributed by atoms with Gasteiger partial charge in [-0.15, -0.1) is 0 Å². The smallest absolute Gasteiger partial charge is 0.316 e. The van der Waals surface area contributed by atoms with Crippen LogP contribution in [0, 0.1) is 0 Å². The minimum atomic E-state index is -6.46. The molecule has 0 fully saturated rings. The van der Waals surface area contributed by atoms with E-state index >= 15 is 0 Å². The van der Waals surface area contributed by atoms with E-state index in [4.69, 9.17) is 4.55 Å². The molecule has 0 unspecified atom stereocenters. The van der Waals surface area contributed by atoms with E-state index in [1.54, 1.807) is 0 Å². The van der Waals surface area contributed by atoms with Crippen molar-refractivity contribution < 1.29 is 57.6 Å². The van der Waals surface area contributed by atoms with Gasteiger partial charge in [-0.25, -0.2) is 0 Å². The maximum absolute atomic E-state index is 12.8. The zero-order valence-electron chi connectivity index (χ0n) is 11.3. The van der Waals surface area contributed by atoms with Crippen molar-refractivity contribution in [2.24, 2.45) is 0 Å². The van der Waals surface area contributed by atoms with Gasteiger partial charge in [0.1, 0.15) is 0 Å². The summed E-state index contributed by atoms with van der Waals surface area (Å²) in [5, 5.41) is -5.92. The van der Waals surface area contributed by atoms with Crippen LogP contribution >= 0.6 is 0 Å². The van der Waals surface area contributed by atoms with Crippen LogP contribution in [-0.4, -0.2) is 49.6 Å². The van der Waals surface area contributed by atoms with Gasteiger partial charge < -0.3 is 9.47 Å². The summed E-state index contributed by atoms with van der Waals surface area (Å²) in [5.74, 6) is -4.49. The summed E-state index contributed by atoms with van der Waals surface area (Å²) in [4.78, 5) is 0. The zero-order valence-corrected chi connectivity index (χ0v) is 12.2. The maximum Gasteiger partial charge on any atom is 0.459 e. The van der Waals surface area contributed by atoms with Gasteiger partial charge >= 0.3 is 33.5 Å². The van der Waals surface area contributed by atoms with E-state index in [0.29, 0.717) is 0 Å². The maximum atomic E-state index is 12.8. The standard InChI is InChI=1S/C9H12F8O5S/c1-6(10,11)7(12,13)21-4-2-3-5-22-8(14,15)9(16,17)23(18,19)20/h2-5H2,1H3,(H,18,19,20). The van der Waals surface area contributed by atoms with Gasteiger partial charge in [-0.1, -0.05) is 0 Å². The molecule has 1 N–H and O–H groups in total. The number of unbranched alkanes of at least 4 members (excludes halogenated alkanes) is 1. The van der Waals surface area contributed by atoms with Crippen LogP contribution in [0.1, 0.15) is 19.8 Å². The highest BCUT2D eigenvalue weighted by atomic mass is 32.2. The molecule has 0 aromatic rings. The summed E-state index contributed by atoms with van der Waals surface area (Å²) in [6.45, 7) is -2.39. The van der Waals surface area contributed by atoms with Gasteiger partial charge in [0.05, 0.1) is 13.2 Å². The van der Waals surface area contributed by atoms with Crippen LogP contribution in [0.2, 0.25) is 0 Å². The molecule has 0 heterocycles. The molecule has 0 radical (unpaired) electrons. The summed E-state index contributed by atoms with van der Waals surface area (Å²) < 4.78 is 136. The third kappa shape index (κ3) is 5.69. The molecule has 0 aromatic heterocycles. The summed E-state index contributed by atoms with van der Waals surface area (Å²) >= 11 is 0. The van der Waals surface area contributed by atoms with Gasteiger partial charge in [0.15, 0.2) is 0 Å². The van der Waals surface area contributed by atoms with Crippen LogP contribution in [0.5, 0.6) is 0 Å². The highest BCUT2D eigenvalue weighted by molar-refractivity contribution is 7.86. The molecule has 0 aliphatic rings. The highest BCUT2D eigenvalue weighted by Gasteiger charge is 2.67. The molecule has 0 aliphatic carbocycles. The molecule has 0 rings (SSSR count). The van der Waals surface area contributed by atoms with E-state index in [9.17, 15) is 43.5 Å². The lowest BCUT2D eigenvalue weighted by Crippen LogP contribution is -2.48. The normalized spacial score (nSPS) is 15.0. The van der Waals surface area contributed by atoms with Gasteiger partial charge in [-0.05, 0) is 12.8 Å². The van der Waals surface area contributed by atoms with Crippen molar-refractivity contribution in [3.63, 3.8) is 0 Å². The quantitative estimate of drug-likeness (QED) is 0.356. The van der Waals surface area contributed by atoms with Crippen LogP contribution in [-0.2, 0) is 19.6 Å². The molecule has 0 amide bonds. The van der Waals surface area contributed by atoms with E-state index in [0.717, 1.165) is 0 Å². The third-order valence-corrected chi connectivity index (χ3v) is 3.16. The Bertz CT molecular complexity index is 487. The first-order valence-electron chi connectivity index (χ1n) is 5.72. The van der Waals surface area contributed by atoms with Crippen LogP contribution in [0.15, 0.2) is 0 Å². The molecule has 0 spiro atoms. The van der Waals surface area contributed by atoms with Crippen molar-refractivity contribution >= 4 is 10.1 Å². The Labute approximate surface area is 125 Å². The van der Waals surface area contributed by atoms with E-state index < -0.39 is 59.6 Å². The highest BCUT2D eigenvalue weighted by Crippen LogP contribution is 2.39. The second kappa shape index (κ2) is 7.03. The van der Waals surface area contributed by atoms with Gasteiger partial charge in [0, 0.05) is 6.92 Å². The molecule has 5 nitrogen and oxygen atoms in total. The largest absolute Gasteiger partial charge is 0.459 e. The summed E-state index contributed by atoms with van der Waals surface area (Å²) in [7, 11) is -6.46. The molecule has 0 atom stereocenters. The first kappa shape index (κ1) is 22.3. The topological polar surface area (TPSA) is 72.8 Å². The predicted molar refractivity (Wildman–Crippen MR) is 58.1 cm³/mol. The molecule has 140 valence electrons. The second-order valence-corrected chi connectivity index (χ2v) is 5.78. The van der Waals surface area contributed by atoms with Crippen molar-refractivity contribution in [2.45, 2.75) is 43.2 Å². The molecule has 0 saturated heterocycles. The summed E-state index contributed by atoms with van der Waals surface area (Å²) in [5.41, 5.74) is 0.